The van der Waals surface area contributed by atoms with Crippen LogP contribution in [0.4, 0.5) is 0 Å². The van der Waals surface area contributed by atoms with Crippen LogP contribution in [0.5, 0.6) is 0 Å². The molecule has 0 amide bonds. The van der Waals surface area contributed by atoms with Gasteiger partial charge in [-0.3, -0.25) is 4.79 Å². The first-order valence-electron chi connectivity index (χ1n) is 14.4. The lowest BCUT2D eigenvalue weighted by atomic mass is 9.85. The van der Waals surface area contributed by atoms with Gasteiger partial charge in [0.15, 0.2) is 0 Å². The van der Waals surface area contributed by atoms with E-state index in [1.807, 2.05) is 35.3 Å². The molecule has 206 valence electrons. The normalized spacial score (nSPS) is 17.2. The Morgan fingerprint density at radius 3 is 1.74 bits per heavy atom. The van der Waals surface area contributed by atoms with Crippen molar-refractivity contribution in [2.45, 2.75) is 106 Å². The maximum absolute atomic E-state index is 13.2. The third-order valence-electron chi connectivity index (χ3n) is 6.94. The van der Waals surface area contributed by atoms with Crippen molar-refractivity contribution in [1.29, 1.82) is 0 Å². The molecule has 0 unspecified atom stereocenters. The van der Waals surface area contributed by atoms with Crippen molar-refractivity contribution in [1.82, 2.24) is 0 Å². The van der Waals surface area contributed by atoms with Crippen molar-refractivity contribution >= 4 is 35.0 Å². The summed E-state index contributed by atoms with van der Waals surface area (Å²) in [6.45, 7) is 17.9. The molecule has 0 saturated heterocycles. The second-order valence-corrected chi connectivity index (χ2v) is 14.6. The zero-order valence-electron chi connectivity index (χ0n) is 24.7. The Bertz CT molecular complexity index is 1110. The van der Waals surface area contributed by atoms with Gasteiger partial charge in [0.2, 0.25) is 26.9 Å². The van der Waals surface area contributed by atoms with E-state index in [4.69, 9.17) is 0 Å². The van der Waals surface area contributed by atoms with Crippen LogP contribution in [0.3, 0.4) is 0 Å². The van der Waals surface area contributed by atoms with Gasteiger partial charge in [-0.2, -0.15) is 0 Å². The van der Waals surface area contributed by atoms with Gasteiger partial charge in [0, 0.05) is 24.0 Å². The van der Waals surface area contributed by atoms with Crippen molar-refractivity contribution < 1.29 is 9.90 Å². The highest BCUT2D eigenvalue weighted by Crippen LogP contribution is 2.40. The minimum Gasteiger partial charge on any atom is -0.506 e. The molecule has 2 aliphatic rings. The van der Waals surface area contributed by atoms with Gasteiger partial charge in [0.25, 0.3) is 0 Å². The number of ketones is 1. The van der Waals surface area contributed by atoms with Crippen LogP contribution in [0.25, 0.3) is 6.08 Å². The van der Waals surface area contributed by atoms with Gasteiger partial charge in [-0.1, -0.05) is 80.0 Å². The summed E-state index contributed by atoms with van der Waals surface area (Å²) in [6, 6.07) is 4.31. The number of hydrogen-bond acceptors (Lipinski definition) is 3. The summed E-state index contributed by atoms with van der Waals surface area (Å²) in [4.78, 5) is 18.5. The summed E-state index contributed by atoms with van der Waals surface area (Å²) >= 11 is 3.74. The number of Topliss-reactive ketones (excluding diaryl/α,β-unsaturated/α-hetero) is 1. The van der Waals surface area contributed by atoms with Crippen LogP contribution < -0.4 is 0 Å². The summed E-state index contributed by atoms with van der Waals surface area (Å²) in [5.41, 5.74) is 2.87. The van der Waals surface area contributed by atoms with Crippen molar-refractivity contribution in [2.24, 2.45) is 11.8 Å². The number of rotatable bonds is 12. The van der Waals surface area contributed by atoms with Gasteiger partial charge >= 0.3 is 0 Å². The Kier molecular flexibility index (Phi) is 11.2. The predicted octanol–water partition coefficient (Wildman–Crippen LogP) is 11.1. The topological polar surface area (TPSA) is 37.3 Å². The summed E-state index contributed by atoms with van der Waals surface area (Å²) < 4.78 is 0. The number of aliphatic hydroxyl groups excluding tert-OH is 1. The lowest BCUT2D eigenvalue weighted by Crippen LogP contribution is -2.21. The van der Waals surface area contributed by atoms with Crippen LogP contribution in [0.15, 0.2) is 62.6 Å². The number of thioether (sulfide) groups is 1. The number of allylic oxidation sites excluding steroid dienone is 8. The molecule has 0 saturated carbocycles. The Balaban J connectivity index is 1.88. The molecule has 38 heavy (non-hydrogen) atoms. The number of carbonyl (C=O) groups excluding carboxylic acids is 1. The first kappa shape index (κ1) is 30.6. The molecule has 0 fully saturated rings. The molecule has 1 aromatic heterocycles. The molecule has 1 aromatic rings. The highest BCUT2D eigenvalue weighted by molar-refractivity contribution is 8.06. The lowest BCUT2D eigenvalue weighted by molar-refractivity contribution is -0.113. The summed E-state index contributed by atoms with van der Waals surface area (Å²) in [6.07, 6.45) is 15.1. The predicted molar refractivity (Wildman–Crippen MR) is 169 cm³/mol. The third kappa shape index (κ3) is 8.55. The van der Waals surface area contributed by atoms with Gasteiger partial charge < -0.3 is 5.11 Å². The average molecular weight is 552 g/mol. The largest absolute Gasteiger partial charge is 0.506 e. The quantitative estimate of drug-likeness (QED) is 0.207. The Labute approximate surface area is 239 Å². The fourth-order valence-electron chi connectivity index (χ4n) is 4.60. The molecule has 2 heterocycles. The van der Waals surface area contributed by atoms with Crippen molar-refractivity contribution in [3.8, 4) is 0 Å². The SMILES string of the molecule is CC(C)CCCC1=CC(=CC2=C(O)C(=Cc3cc(C(C)C)[s+]c(C(C)C)c3)C2=O)C=C(CCCC(C)C)S1. The Hall–Kier alpha value is -1.91. The van der Waals surface area contributed by atoms with E-state index in [0.29, 0.717) is 34.8 Å². The molecule has 0 atom stereocenters. The van der Waals surface area contributed by atoms with E-state index < -0.39 is 0 Å². The van der Waals surface area contributed by atoms with E-state index in [0.717, 1.165) is 24.0 Å². The van der Waals surface area contributed by atoms with Gasteiger partial charge in [-0.05, 0) is 82.8 Å². The molecule has 0 radical (unpaired) electrons. The Morgan fingerprint density at radius 2 is 1.32 bits per heavy atom. The fourth-order valence-corrected chi connectivity index (χ4v) is 6.95. The molecule has 2 nitrogen and oxygen atoms in total. The number of carbonyl (C=O) groups is 1. The highest BCUT2D eigenvalue weighted by atomic mass is 32.2. The first-order chi connectivity index (χ1) is 17.9. The van der Waals surface area contributed by atoms with E-state index in [2.05, 4.69) is 79.7 Å². The van der Waals surface area contributed by atoms with Crippen molar-refractivity contribution in [2.75, 3.05) is 0 Å². The zero-order valence-corrected chi connectivity index (χ0v) is 26.3. The van der Waals surface area contributed by atoms with Crippen LogP contribution in [-0.2, 0) is 4.79 Å². The second-order valence-electron chi connectivity index (χ2n) is 12.2. The molecule has 0 spiro atoms. The zero-order chi connectivity index (χ0) is 28.0. The lowest BCUT2D eigenvalue weighted by Gasteiger charge is -2.21. The molecule has 0 bridgehead atoms. The molecular formula is C34H47O2S2+. The van der Waals surface area contributed by atoms with Gasteiger partial charge in [-0.25, -0.2) is 0 Å². The fraction of sp³-hybridized carbons (Fsp3) is 0.529. The Morgan fingerprint density at radius 1 is 0.816 bits per heavy atom. The van der Waals surface area contributed by atoms with Gasteiger partial charge in [-0.15, -0.1) is 0 Å². The summed E-state index contributed by atoms with van der Waals surface area (Å²) in [5.74, 6) is 2.31. The molecule has 4 heteroatoms. The van der Waals surface area contributed by atoms with Crippen molar-refractivity contribution in [3.63, 3.8) is 0 Å². The van der Waals surface area contributed by atoms with E-state index >= 15 is 0 Å². The van der Waals surface area contributed by atoms with E-state index in [1.165, 1.54) is 45.2 Å². The third-order valence-corrected chi connectivity index (χ3v) is 9.76. The molecule has 0 aromatic carbocycles. The van der Waals surface area contributed by atoms with Crippen LogP contribution in [0, 0.1) is 11.8 Å². The first-order valence-corrected chi connectivity index (χ1v) is 16.1. The summed E-state index contributed by atoms with van der Waals surface area (Å²) in [5, 5.41) is 10.9. The minimum absolute atomic E-state index is 0.0672. The van der Waals surface area contributed by atoms with E-state index in [-0.39, 0.29) is 11.5 Å². The average Bonchev–Trinajstić information content (AvgIpc) is 2.85. The van der Waals surface area contributed by atoms with Crippen LogP contribution in [0.2, 0.25) is 0 Å². The van der Waals surface area contributed by atoms with E-state index in [9.17, 15) is 9.90 Å². The monoisotopic (exact) mass is 551 g/mol. The highest BCUT2D eigenvalue weighted by Gasteiger charge is 2.33. The molecule has 3 rings (SSSR count). The van der Waals surface area contributed by atoms with Gasteiger partial charge in [0.05, 0.1) is 11.1 Å². The van der Waals surface area contributed by atoms with Crippen LogP contribution in [-0.4, -0.2) is 10.9 Å². The van der Waals surface area contributed by atoms with Crippen molar-refractivity contribution in [3.05, 3.63) is 78.0 Å². The standard InChI is InChI=1S/C34H46O2S2/c1-21(2)11-9-13-27-15-25(16-28(37-27)14-10-12-22(3)4)17-29-33(35)30(34(29)36)18-26-19-31(23(5)6)38-32(20-26)24(7)8/h15-24H,9-14H2,1-8H3/p+1. The molecule has 1 aliphatic carbocycles. The number of hydrogen-bond donors (Lipinski definition) is 1. The summed E-state index contributed by atoms with van der Waals surface area (Å²) in [7, 11) is 0. The molecular weight excluding hydrogens is 505 g/mol. The van der Waals surface area contributed by atoms with E-state index in [1.54, 1.807) is 0 Å². The number of aliphatic hydroxyl groups is 1. The molecule has 1 aliphatic heterocycles. The molecule has 1 N–H and O–H groups in total. The minimum atomic E-state index is -0.0672. The van der Waals surface area contributed by atoms with Crippen LogP contribution in [0.1, 0.15) is 121 Å². The smallest absolute Gasteiger partial charge is 0.218 e. The maximum atomic E-state index is 13.2. The van der Waals surface area contributed by atoms with Crippen LogP contribution >= 0.6 is 23.1 Å². The second kappa shape index (κ2) is 13.9. The maximum Gasteiger partial charge on any atom is 0.218 e. The van der Waals surface area contributed by atoms with Gasteiger partial charge in [0.1, 0.15) is 5.76 Å².